The Labute approximate surface area is 123 Å². The zero-order chi connectivity index (χ0) is 14.5. The first-order chi connectivity index (χ1) is 9.61. The first kappa shape index (κ1) is 14.4. The quantitative estimate of drug-likeness (QED) is 0.930. The molecule has 0 aliphatic rings. The lowest BCUT2D eigenvalue weighted by Crippen LogP contribution is -2.08. The smallest absolute Gasteiger partial charge is 0.124 e. The molecule has 0 unspecified atom stereocenters. The third kappa shape index (κ3) is 3.30. The Bertz CT molecular complexity index is 647. The molecule has 0 saturated heterocycles. The third-order valence-corrected chi connectivity index (χ3v) is 3.22. The van der Waals surface area contributed by atoms with Crippen molar-refractivity contribution in [1.82, 2.24) is 0 Å². The molecule has 0 aliphatic carbocycles. The maximum absolute atomic E-state index is 9.05. The summed E-state index contributed by atoms with van der Waals surface area (Å²) in [5, 5.41) is 9.68. The molecule has 4 heteroatoms. The first-order valence-corrected chi connectivity index (χ1v) is 6.65. The van der Waals surface area contributed by atoms with Gasteiger partial charge in [-0.05, 0) is 31.2 Å². The molecular formula is C16H15ClN2O. The maximum atomic E-state index is 9.05. The van der Waals surface area contributed by atoms with Crippen LogP contribution in [0.3, 0.4) is 0 Å². The molecule has 2 aromatic carbocycles. The predicted molar refractivity (Wildman–Crippen MR) is 79.5 cm³/mol. The molecule has 0 spiro atoms. The van der Waals surface area contributed by atoms with E-state index in [0.29, 0.717) is 22.9 Å². The molecule has 20 heavy (non-hydrogen) atoms. The number of ether oxygens (including phenoxy) is 1. The van der Waals surface area contributed by atoms with Crippen LogP contribution >= 0.6 is 11.6 Å². The van der Waals surface area contributed by atoms with Gasteiger partial charge in [0.1, 0.15) is 12.4 Å². The molecule has 0 heterocycles. The molecule has 2 N–H and O–H groups in total. The number of nitriles is 1. The Morgan fingerprint density at radius 2 is 2.05 bits per heavy atom. The van der Waals surface area contributed by atoms with Crippen molar-refractivity contribution in [2.75, 3.05) is 0 Å². The first-order valence-electron chi connectivity index (χ1n) is 6.27. The minimum atomic E-state index is -0.171. The van der Waals surface area contributed by atoms with Gasteiger partial charge in [-0.1, -0.05) is 29.8 Å². The van der Waals surface area contributed by atoms with Crippen molar-refractivity contribution in [1.29, 1.82) is 5.26 Å². The second-order valence-corrected chi connectivity index (χ2v) is 4.96. The molecule has 2 aromatic rings. The van der Waals surface area contributed by atoms with Crippen LogP contribution in [0.15, 0.2) is 42.5 Å². The molecule has 0 aliphatic heterocycles. The lowest BCUT2D eigenvalue weighted by molar-refractivity contribution is 0.301. The summed E-state index contributed by atoms with van der Waals surface area (Å²) in [5.41, 5.74) is 8.23. The van der Waals surface area contributed by atoms with Crippen LogP contribution in [0.4, 0.5) is 0 Å². The van der Waals surface area contributed by atoms with Gasteiger partial charge in [0.05, 0.1) is 11.6 Å². The summed E-state index contributed by atoms with van der Waals surface area (Å²) in [6.07, 6.45) is 0. The summed E-state index contributed by atoms with van der Waals surface area (Å²) in [6, 6.07) is 14.7. The summed E-state index contributed by atoms with van der Waals surface area (Å²) in [4.78, 5) is 0. The second kappa shape index (κ2) is 6.42. The highest BCUT2D eigenvalue weighted by molar-refractivity contribution is 6.30. The van der Waals surface area contributed by atoms with Gasteiger partial charge in [0, 0.05) is 22.2 Å². The van der Waals surface area contributed by atoms with Crippen LogP contribution in [0.1, 0.15) is 29.7 Å². The maximum Gasteiger partial charge on any atom is 0.124 e. The van der Waals surface area contributed by atoms with Crippen LogP contribution in [0, 0.1) is 11.3 Å². The van der Waals surface area contributed by atoms with Crippen molar-refractivity contribution in [2.24, 2.45) is 5.73 Å². The molecule has 0 fully saturated rings. The molecule has 2 rings (SSSR count). The predicted octanol–water partition coefficient (Wildman–Crippen LogP) is 3.81. The van der Waals surface area contributed by atoms with E-state index in [0.717, 1.165) is 11.1 Å². The highest BCUT2D eigenvalue weighted by Crippen LogP contribution is 2.28. The Morgan fingerprint density at radius 1 is 1.30 bits per heavy atom. The van der Waals surface area contributed by atoms with Gasteiger partial charge in [0.15, 0.2) is 0 Å². The zero-order valence-electron chi connectivity index (χ0n) is 11.1. The highest BCUT2D eigenvalue weighted by Gasteiger charge is 2.10. The van der Waals surface area contributed by atoms with E-state index in [1.165, 1.54) is 0 Å². The fraction of sp³-hybridized carbons (Fsp3) is 0.188. The molecule has 0 amide bonds. The van der Waals surface area contributed by atoms with Crippen LogP contribution in [0.2, 0.25) is 5.02 Å². The summed E-state index contributed by atoms with van der Waals surface area (Å²) in [6.45, 7) is 2.20. The third-order valence-electron chi connectivity index (χ3n) is 2.98. The molecule has 0 radical (unpaired) electrons. The normalized spacial score (nSPS) is 11.7. The molecule has 0 aromatic heterocycles. The van der Waals surface area contributed by atoms with Crippen LogP contribution in [0.25, 0.3) is 0 Å². The van der Waals surface area contributed by atoms with E-state index in [2.05, 4.69) is 6.07 Å². The van der Waals surface area contributed by atoms with Gasteiger partial charge in [-0.3, -0.25) is 0 Å². The number of nitrogens with zero attached hydrogens (tertiary/aromatic N) is 1. The Hall–Kier alpha value is -2.02. The van der Waals surface area contributed by atoms with E-state index < -0.39 is 0 Å². The monoisotopic (exact) mass is 286 g/mol. The summed E-state index contributed by atoms with van der Waals surface area (Å²) in [7, 11) is 0. The van der Waals surface area contributed by atoms with Crippen LogP contribution < -0.4 is 10.5 Å². The highest BCUT2D eigenvalue weighted by atomic mass is 35.5. The van der Waals surface area contributed by atoms with E-state index in [1.54, 1.807) is 24.3 Å². The van der Waals surface area contributed by atoms with Crippen molar-refractivity contribution in [2.45, 2.75) is 19.6 Å². The van der Waals surface area contributed by atoms with Crippen LogP contribution in [-0.2, 0) is 6.61 Å². The molecule has 1 atom stereocenters. The number of halogens is 1. The SMILES string of the molecule is C[C@@H](N)c1cc(Cl)ccc1OCc1ccccc1C#N. The number of nitrogens with two attached hydrogens (primary N) is 1. The number of rotatable bonds is 4. The summed E-state index contributed by atoms with van der Waals surface area (Å²) >= 11 is 5.97. The van der Waals surface area contributed by atoms with Crippen molar-refractivity contribution in [3.63, 3.8) is 0 Å². The van der Waals surface area contributed by atoms with E-state index in [-0.39, 0.29) is 6.04 Å². The zero-order valence-corrected chi connectivity index (χ0v) is 11.9. The van der Waals surface area contributed by atoms with Gasteiger partial charge < -0.3 is 10.5 Å². The van der Waals surface area contributed by atoms with Gasteiger partial charge in [0.2, 0.25) is 0 Å². The average molecular weight is 287 g/mol. The fourth-order valence-electron chi connectivity index (χ4n) is 1.92. The van der Waals surface area contributed by atoms with Crippen LogP contribution in [-0.4, -0.2) is 0 Å². The minimum Gasteiger partial charge on any atom is -0.489 e. The Kier molecular flexibility index (Phi) is 4.62. The van der Waals surface area contributed by atoms with E-state index in [9.17, 15) is 0 Å². The summed E-state index contributed by atoms with van der Waals surface area (Å²) < 4.78 is 5.79. The second-order valence-electron chi connectivity index (χ2n) is 4.53. The van der Waals surface area contributed by atoms with Crippen molar-refractivity contribution in [3.05, 3.63) is 64.2 Å². The molecule has 102 valence electrons. The molecule has 3 nitrogen and oxygen atoms in total. The van der Waals surface area contributed by atoms with Gasteiger partial charge in [0.25, 0.3) is 0 Å². The largest absolute Gasteiger partial charge is 0.489 e. The van der Waals surface area contributed by atoms with Crippen molar-refractivity contribution >= 4 is 11.6 Å². The number of hydrogen-bond acceptors (Lipinski definition) is 3. The van der Waals surface area contributed by atoms with E-state index in [4.69, 9.17) is 27.3 Å². The van der Waals surface area contributed by atoms with E-state index >= 15 is 0 Å². The van der Waals surface area contributed by atoms with Crippen LogP contribution in [0.5, 0.6) is 5.75 Å². The number of benzene rings is 2. The molecular weight excluding hydrogens is 272 g/mol. The van der Waals surface area contributed by atoms with Crippen molar-refractivity contribution in [3.8, 4) is 11.8 Å². The fourth-order valence-corrected chi connectivity index (χ4v) is 2.10. The minimum absolute atomic E-state index is 0.171. The van der Waals surface area contributed by atoms with Gasteiger partial charge in [-0.2, -0.15) is 5.26 Å². The molecule has 0 bridgehead atoms. The summed E-state index contributed by atoms with van der Waals surface area (Å²) in [5.74, 6) is 0.692. The van der Waals surface area contributed by atoms with Gasteiger partial charge >= 0.3 is 0 Å². The van der Waals surface area contributed by atoms with Gasteiger partial charge in [-0.25, -0.2) is 0 Å². The van der Waals surface area contributed by atoms with E-state index in [1.807, 2.05) is 25.1 Å². The lowest BCUT2D eigenvalue weighted by Gasteiger charge is -2.15. The average Bonchev–Trinajstić information content (AvgIpc) is 2.46. The molecule has 0 saturated carbocycles. The van der Waals surface area contributed by atoms with Crippen molar-refractivity contribution < 1.29 is 4.74 Å². The Morgan fingerprint density at radius 3 is 2.75 bits per heavy atom. The number of hydrogen-bond donors (Lipinski definition) is 1. The van der Waals surface area contributed by atoms with Gasteiger partial charge in [-0.15, -0.1) is 0 Å². The topological polar surface area (TPSA) is 59.0 Å². The standard InChI is InChI=1S/C16H15ClN2O/c1-11(19)15-8-14(17)6-7-16(15)20-10-13-5-3-2-4-12(13)9-18/h2-8,11H,10,19H2,1H3/t11-/m1/s1. The Balaban J connectivity index is 2.21. The lowest BCUT2D eigenvalue weighted by atomic mass is 10.1.